The number of nitriles is 1. The second kappa shape index (κ2) is 4.07. The van der Waals surface area contributed by atoms with Gasteiger partial charge in [-0.3, -0.25) is 0 Å². The molecule has 2 heterocycles. The molecule has 1 aromatic heterocycles. The highest BCUT2D eigenvalue weighted by atomic mass is 16.5. The second-order valence-electron chi connectivity index (χ2n) is 3.09. The average Bonchev–Trinajstić information content (AvgIpc) is 2.71. The van der Waals surface area contributed by atoms with Gasteiger partial charge in [-0.2, -0.15) is 5.26 Å². The lowest BCUT2D eigenvalue weighted by Gasteiger charge is -2.10. The van der Waals surface area contributed by atoms with Gasteiger partial charge in [0.2, 0.25) is 0 Å². The zero-order valence-corrected chi connectivity index (χ0v) is 7.64. The highest BCUT2D eigenvalue weighted by Crippen LogP contribution is 2.16. The van der Waals surface area contributed by atoms with Crippen LogP contribution in [0.15, 0.2) is 18.3 Å². The first-order valence-corrected chi connectivity index (χ1v) is 4.49. The average molecular weight is 190 g/mol. The molecule has 72 valence electrons. The predicted molar refractivity (Wildman–Crippen MR) is 48.8 cm³/mol. The molecule has 1 atom stereocenters. The summed E-state index contributed by atoms with van der Waals surface area (Å²) in [5.41, 5.74) is 0.376. The summed E-state index contributed by atoms with van der Waals surface area (Å²) in [5, 5.41) is 8.63. The quantitative estimate of drug-likeness (QED) is 0.701. The van der Waals surface area contributed by atoms with Crippen LogP contribution in [0.2, 0.25) is 0 Å². The van der Waals surface area contributed by atoms with E-state index in [1.165, 1.54) is 0 Å². The van der Waals surface area contributed by atoms with Crippen LogP contribution in [0.4, 0.5) is 0 Å². The number of hydrogen-bond acceptors (Lipinski definition) is 4. The zero-order valence-electron chi connectivity index (χ0n) is 7.64. The van der Waals surface area contributed by atoms with Crippen LogP contribution in [-0.2, 0) is 4.74 Å². The van der Waals surface area contributed by atoms with Gasteiger partial charge in [-0.15, -0.1) is 0 Å². The van der Waals surface area contributed by atoms with E-state index in [0.717, 1.165) is 13.0 Å². The number of hydrogen-bond donors (Lipinski definition) is 0. The zero-order chi connectivity index (χ0) is 9.80. The van der Waals surface area contributed by atoms with Crippen molar-refractivity contribution in [1.29, 1.82) is 5.26 Å². The predicted octanol–water partition coefficient (Wildman–Crippen LogP) is 1.12. The van der Waals surface area contributed by atoms with Gasteiger partial charge in [0.05, 0.1) is 13.2 Å². The van der Waals surface area contributed by atoms with Gasteiger partial charge in [-0.1, -0.05) is 0 Å². The van der Waals surface area contributed by atoms with E-state index < -0.39 is 0 Å². The van der Waals surface area contributed by atoms with Crippen LogP contribution in [0.25, 0.3) is 0 Å². The molecular formula is C10H10N2O2. The Labute approximate surface area is 82.1 Å². The molecule has 1 aliphatic rings. The van der Waals surface area contributed by atoms with Gasteiger partial charge in [-0.25, -0.2) is 4.98 Å². The van der Waals surface area contributed by atoms with E-state index in [1.54, 1.807) is 18.3 Å². The van der Waals surface area contributed by atoms with Crippen molar-refractivity contribution in [2.24, 2.45) is 0 Å². The van der Waals surface area contributed by atoms with Crippen molar-refractivity contribution < 1.29 is 9.47 Å². The van der Waals surface area contributed by atoms with Gasteiger partial charge in [0, 0.05) is 18.7 Å². The Morgan fingerprint density at radius 2 is 2.57 bits per heavy atom. The molecule has 0 aromatic carbocycles. The topological polar surface area (TPSA) is 55.1 Å². The first-order valence-electron chi connectivity index (χ1n) is 4.49. The molecule has 0 radical (unpaired) electrons. The van der Waals surface area contributed by atoms with Crippen molar-refractivity contribution in [1.82, 2.24) is 4.98 Å². The fourth-order valence-electron chi connectivity index (χ4n) is 1.34. The number of rotatable bonds is 2. The third kappa shape index (κ3) is 2.01. The summed E-state index contributed by atoms with van der Waals surface area (Å²) < 4.78 is 10.8. The van der Waals surface area contributed by atoms with Gasteiger partial charge < -0.3 is 9.47 Å². The third-order valence-corrected chi connectivity index (χ3v) is 2.04. The lowest BCUT2D eigenvalue weighted by atomic mass is 10.3. The van der Waals surface area contributed by atoms with Gasteiger partial charge in [0.25, 0.3) is 0 Å². The van der Waals surface area contributed by atoms with E-state index in [-0.39, 0.29) is 6.10 Å². The molecule has 4 heteroatoms. The number of pyridine rings is 1. The summed E-state index contributed by atoms with van der Waals surface area (Å²) in [4.78, 5) is 3.86. The number of nitrogens with zero attached hydrogens (tertiary/aromatic N) is 2. The van der Waals surface area contributed by atoms with E-state index in [2.05, 4.69) is 4.98 Å². The Kier molecular flexibility index (Phi) is 2.61. The van der Waals surface area contributed by atoms with Crippen molar-refractivity contribution >= 4 is 0 Å². The lowest BCUT2D eigenvalue weighted by Crippen LogP contribution is -2.15. The fraction of sp³-hybridized carbons (Fsp3) is 0.400. The van der Waals surface area contributed by atoms with Gasteiger partial charge in [0.15, 0.2) is 0 Å². The molecule has 4 nitrogen and oxygen atoms in total. The fourth-order valence-corrected chi connectivity index (χ4v) is 1.34. The van der Waals surface area contributed by atoms with Crippen LogP contribution in [0.1, 0.15) is 12.1 Å². The molecule has 0 amide bonds. The molecule has 1 aliphatic heterocycles. The van der Waals surface area contributed by atoms with Crippen LogP contribution in [-0.4, -0.2) is 24.3 Å². The summed E-state index contributed by atoms with van der Waals surface area (Å²) in [6, 6.07) is 5.36. The Balaban J connectivity index is 2.05. The molecule has 1 aromatic rings. The molecule has 0 spiro atoms. The third-order valence-electron chi connectivity index (χ3n) is 2.04. The lowest BCUT2D eigenvalue weighted by molar-refractivity contribution is 0.141. The standard InChI is InChI=1S/C10H10N2O2/c11-6-8-5-9(1-3-12-8)14-10-2-4-13-7-10/h1,3,5,10H,2,4,7H2. The van der Waals surface area contributed by atoms with Crippen LogP contribution < -0.4 is 4.74 Å². The normalized spacial score (nSPS) is 20.4. The maximum Gasteiger partial charge on any atom is 0.144 e. The Bertz CT molecular complexity index is 353. The molecule has 0 bridgehead atoms. The van der Waals surface area contributed by atoms with Crippen molar-refractivity contribution in [3.8, 4) is 11.8 Å². The van der Waals surface area contributed by atoms with E-state index in [0.29, 0.717) is 18.1 Å². The maximum atomic E-state index is 8.63. The first-order chi connectivity index (χ1) is 6.88. The summed E-state index contributed by atoms with van der Waals surface area (Å²) in [6.45, 7) is 1.38. The number of aromatic nitrogens is 1. The largest absolute Gasteiger partial charge is 0.488 e. The van der Waals surface area contributed by atoms with E-state index in [4.69, 9.17) is 14.7 Å². The molecule has 1 unspecified atom stereocenters. The minimum Gasteiger partial charge on any atom is -0.488 e. The monoisotopic (exact) mass is 190 g/mol. The smallest absolute Gasteiger partial charge is 0.144 e. The highest BCUT2D eigenvalue weighted by molar-refractivity contribution is 5.29. The Hall–Kier alpha value is -1.60. The van der Waals surface area contributed by atoms with Crippen LogP contribution in [0.3, 0.4) is 0 Å². The maximum absolute atomic E-state index is 8.63. The summed E-state index contributed by atoms with van der Waals surface area (Å²) in [5.74, 6) is 0.687. The first kappa shape index (κ1) is 8.97. The van der Waals surface area contributed by atoms with Gasteiger partial charge in [0.1, 0.15) is 23.6 Å². The minimum absolute atomic E-state index is 0.115. The molecule has 2 rings (SSSR count). The van der Waals surface area contributed by atoms with Gasteiger partial charge >= 0.3 is 0 Å². The molecule has 14 heavy (non-hydrogen) atoms. The SMILES string of the molecule is N#Cc1cc(OC2CCOC2)ccn1. The summed E-state index contributed by atoms with van der Waals surface area (Å²) >= 11 is 0. The highest BCUT2D eigenvalue weighted by Gasteiger charge is 2.17. The van der Waals surface area contributed by atoms with Crippen LogP contribution in [0, 0.1) is 11.3 Å². The van der Waals surface area contributed by atoms with Gasteiger partial charge in [-0.05, 0) is 6.07 Å². The molecule has 1 fully saturated rings. The van der Waals surface area contributed by atoms with Crippen molar-refractivity contribution in [3.63, 3.8) is 0 Å². The molecular weight excluding hydrogens is 180 g/mol. The van der Waals surface area contributed by atoms with E-state index in [9.17, 15) is 0 Å². The molecule has 1 saturated heterocycles. The van der Waals surface area contributed by atoms with Crippen LogP contribution >= 0.6 is 0 Å². The van der Waals surface area contributed by atoms with E-state index >= 15 is 0 Å². The second-order valence-corrected chi connectivity index (χ2v) is 3.09. The molecule has 0 N–H and O–H groups in total. The summed E-state index contributed by atoms with van der Waals surface area (Å²) in [7, 11) is 0. The van der Waals surface area contributed by atoms with Crippen LogP contribution in [0.5, 0.6) is 5.75 Å². The van der Waals surface area contributed by atoms with Crippen molar-refractivity contribution in [3.05, 3.63) is 24.0 Å². The van der Waals surface area contributed by atoms with E-state index in [1.807, 2.05) is 6.07 Å². The molecule has 0 aliphatic carbocycles. The molecule has 0 saturated carbocycles. The summed E-state index contributed by atoms with van der Waals surface area (Å²) in [6.07, 6.45) is 2.59. The Morgan fingerprint density at radius 1 is 1.64 bits per heavy atom. The Morgan fingerprint density at radius 3 is 3.29 bits per heavy atom. The van der Waals surface area contributed by atoms with Crippen molar-refractivity contribution in [2.75, 3.05) is 13.2 Å². The van der Waals surface area contributed by atoms with Crippen molar-refractivity contribution in [2.45, 2.75) is 12.5 Å². The minimum atomic E-state index is 0.115. The number of ether oxygens (including phenoxy) is 2.